The lowest BCUT2D eigenvalue weighted by molar-refractivity contribution is -0.138. The first-order chi connectivity index (χ1) is 7.80. The van der Waals surface area contributed by atoms with Gasteiger partial charge >= 0.3 is 12.1 Å². The number of rotatable bonds is 4. The molecule has 0 fully saturated rings. The van der Waals surface area contributed by atoms with Crippen LogP contribution in [0, 0.1) is 5.92 Å². The third-order valence-corrected chi connectivity index (χ3v) is 2.41. The quantitative estimate of drug-likeness (QED) is 0.884. The Labute approximate surface area is 97.1 Å². The minimum absolute atomic E-state index is 0.113. The van der Waals surface area contributed by atoms with E-state index in [1.165, 1.54) is 18.2 Å². The van der Waals surface area contributed by atoms with Gasteiger partial charge in [0.05, 0.1) is 5.56 Å². The summed E-state index contributed by atoms with van der Waals surface area (Å²) in [4.78, 5) is 10.5. The molecule has 0 bridgehead atoms. The van der Waals surface area contributed by atoms with Crippen molar-refractivity contribution in [1.29, 1.82) is 0 Å². The zero-order chi connectivity index (χ0) is 13.1. The lowest BCUT2D eigenvalue weighted by Gasteiger charge is -2.15. The lowest BCUT2D eigenvalue weighted by Crippen LogP contribution is -2.13. The molecule has 0 saturated heterocycles. The van der Waals surface area contributed by atoms with Crippen LogP contribution in [0.5, 0.6) is 0 Å². The van der Waals surface area contributed by atoms with E-state index in [1.807, 2.05) is 0 Å². The third-order valence-electron chi connectivity index (χ3n) is 2.41. The normalized spacial score (nSPS) is 13.4. The number of hydrogen-bond acceptors (Lipinski definition) is 1. The van der Waals surface area contributed by atoms with Gasteiger partial charge in [-0.2, -0.15) is 13.2 Å². The first-order valence-corrected chi connectivity index (χ1v) is 5.17. The van der Waals surface area contributed by atoms with Crippen LogP contribution in [0.1, 0.15) is 24.5 Å². The summed E-state index contributed by atoms with van der Waals surface area (Å²) in [5.41, 5.74) is -0.536. The Kier molecular flexibility index (Phi) is 4.15. The number of carboxylic acid groups (broad SMARTS) is 1. The van der Waals surface area contributed by atoms with E-state index in [1.54, 1.807) is 6.92 Å². The molecule has 0 aliphatic heterocycles. The molecule has 5 heteroatoms. The molecule has 0 heterocycles. The van der Waals surface area contributed by atoms with Crippen LogP contribution in [0.2, 0.25) is 0 Å². The fraction of sp³-hybridized carbons (Fsp3) is 0.417. The van der Waals surface area contributed by atoms with Crippen molar-refractivity contribution in [2.75, 3.05) is 0 Å². The first kappa shape index (κ1) is 13.5. The van der Waals surface area contributed by atoms with Gasteiger partial charge in [0, 0.05) is 6.42 Å². The second-order valence-electron chi connectivity index (χ2n) is 4.06. The average Bonchev–Trinajstić information content (AvgIpc) is 2.15. The molecule has 0 radical (unpaired) electrons. The molecule has 1 atom stereocenters. The van der Waals surface area contributed by atoms with Crippen molar-refractivity contribution < 1.29 is 23.1 Å². The van der Waals surface area contributed by atoms with Crippen LogP contribution in [-0.2, 0) is 17.4 Å². The molecule has 0 aliphatic rings. The number of hydrogen-bond donors (Lipinski definition) is 1. The molecule has 0 saturated carbocycles. The number of benzene rings is 1. The standard InChI is InChI=1S/C12H13F3O2/c1-8(7-11(16)17)6-9-4-2-3-5-10(9)12(13,14)15/h2-5,8H,6-7H2,1H3,(H,16,17). The van der Waals surface area contributed by atoms with Crippen LogP contribution in [0.3, 0.4) is 0 Å². The van der Waals surface area contributed by atoms with Gasteiger partial charge in [0.15, 0.2) is 0 Å². The summed E-state index contributed by atoms with van der Waals surface area (Å²) < 4.78 is 37.9. The summed E-state index contributed by atoms with van der Waals surface area (Å²) >= 11 is 0. The summed E-state index contributed by atoms with van der Waals surface area (Å²) in [5, 5.41) is 8.57. The van der Waals surface area contributed by atoms with E-state index < -0.39 is 17.7 Å². The Morgan fingerprint density at radius 3 is 2.47 bits per heavy atom. The summed E-state index contributed by atoms with van der Waals surface area (Å²) in [6.07, 6.45) is -4.41. The van der Waals surface area contributed by atoms with Crippen LogP contribution in [-0.4, -0.2) is 11.1 Å². The molecule has 1 aromatic carbocycles. The molecule has 0 aromatic heterocycles. The van der Waals surface area contributed by atoms with Gasteiger partial charge < -0.3 is 5.11 Å². The van der Waals surface area contributed by atoms with Crippen LogP contribution >= 0.6 is 0 Å². The van der Waals surface area contributed by atoms with Crippen molar-refractivity contribution in [1.82, 2.24) is 0 Å². The maximum absolute atomic E-state index is 12.6. The van der Waals surface area contributed by atoms with Gasteiger partial charge in [0.1, 0.15) is 0 Å². The number of carboxylic acids is 1. The summed E-state index contributed by atoms with van der Waals surface area (Å²) in [7, 11) is 0. The number of carbonyl (C=O) groups is 1. The highest BCUT2D eigenvalue weighted by Crippen LogP contribution is 2.33. The number of alkyl halides is 3. The monoisotopic (exact) mass is 246 g/mol. The van der Waals surface area contributed by atoms with Crippen molar-refractivity contribution in [2.24, 2.45) is 5.92 Å². The van der Waals surface area contributed by atoms with E-state index in [0.29, 0.717) is 0 Å². The fourth-order valence-corrected chi connectivity index (χ4v) is 1.72. The van der Waals surface area contributed by atoms with Crippen LogP contribution in [0.25, 0.3) is 0 Å². The molecule has 1 unspecified atom stereocenters. The second kappa shape index (κ2) is 5.21. The van der Waals surface area contributed by atoms with E-state index in [2.05, 4.69) is 0 Å². The van der Waals surface area contributed by atoms with E-state index in [0.717, 1.165) is 6.07 Å². The molecule has 1 aromatic rings. The largest absolute Gasteiger partial charge is 0.481 e. The Morgan fingerprint density at radius 2 is 1.94 bits per heavy atom. The Morgan fingerprint density at radius 1 is 1.35 bits per heavy atom. The zero-order valence-electron chi connectivity index (χ0n) is 9.29. The minimum atomic E-state index is -4.39. The fourth-order valence-electron chi connectivity index (χ4n) is 1.72. The highest BCUT2D eigenvalue weighted by molar-refractivity contribution is 5.67. The van der Waals surface area contributed by atoms with Gasteiger partial charge in [-0.1, -0.05) is 25.1 Å². The first-order valence-electron chi connectivity index (χ1n) is 5.17. The van der Waals surface area contributed by atoms with E-state index >= 15 is 0 Å². The van der Waals surface area contributed by atoms with E-state index in [-0.39, 0.29) is 24.3 Å². The molecule has 0 spiro atoms. The topological polar surface area (TPSA) is 37.3 Å². The minimum Gasteiger partial charge on any atom is -0.481 e. The number of aliphatic carboxylic acids is 1. The van der Waals surface area contributed by atoms with E-state index in [4.69, 9.17) is 5.11 Å². The van der Waals surface area contributed by atoms with Crippen molar-refractivity contribution in [3.63, 3.8) is 0 Å². The van der Waals surface area contributed by atoms with Crippen molar-refractivity contribution in [3.05, 3.63) is 35.4 Å². The van der Waals surface area contributed by atoms with Gasteiger partial charge in [-0.15, -0.1) is 0 Å². The third kappa shape index (κ3) is 4.09. The van der Waals surface area contributed by atoms with Crippen LogP contribution < -0.4 is 0 Å². The zero-order valence-corrected chi connectivity index (χ0v) is 9.29. The molecule has 2 nitrogen and oxygen atoms in total. The van der Waals surface area contributed by atoms with Gasteiger partial charge in [0.25, 0.3) is 0 Å². The van der Waals surface area contributed by atoms with Crippen LogP contribution in [0.4, 0.5) is 13.2 Å². The smallest absolute Gasteiger partial charge is 0.416 e. The highest BCUT2D eigenvalue weighted by atomic mass is 19.4. The maximum atomic E-state index is 12.6. The second-order valence-corrected chi connectivity index (χ2v) is 4.06. The van der Waals surface area contributed by atoms with Crippen LogP contribution in [0.15, 0.2) is 24.3 Å². The van der Waals surface area contributed by atoms with Gasteiger partial charge in [-0.05, 0) is 24.0 Å². The Bertz CT molecular complexity index is 399. The lowest BCUT2D eigenvalue weighted by atomic mass is 9.94. The van der Waals surface area contributed by atoms with Gasteiger partial charge in [-0.3, -0.25) is 4.79 Å². The maximum Gasteiger partial charge on any atom is 0.416 e. The molecular formula is C12H13F3O2. The Hall–Kier alpha value is -1.52. The average molecular weight is 246 g/mol. The summed E-state index contributed by atoms with van der Waals surface area (Å²) in [5.74, 6) is -1.32. The molecule has 0 aliphatic carbocycles. The van der Waals surface area contributed by atoms with Crippen molar-refractivity contribution in [2.45, 2.75) is 25.9 Å². The van der Waals surface area contributed by atoms with Gasteiger partial charge in [-0.25, -0.2) is 0 Å². The molecular weight excluding hydrogens is 233 g/mol. The predicted molar refractivity (Wildman–Crippen MR) is 56.6 cm³/mol. The molecule has 0 amide bonds. The summed E-state index contributed by atoms with van der Waals surface area (Å²) in [6, 6.07) is 5.26. The SMILES string of the molecule is CC(CC(=O)O)Cc1ccccc1C(F)(F)F. The molecule has 1 rings (SSSR count). The molecule has 17 heavy (non-hydrogen) atoms. The van der Waals surface area contributed by atoms with Crippen molar-refractivity contribution >= 4 is 5.97 Å². The predicted octanol–water partition coefficient (Wildman–Crippen LogP) is 3.36. The number of halogens is 3. The Balaban J connectivity index is 2.87. The summed E-state index contributed by atoms with van der Waals surface area (Å²) in [6.45, 7) is 1.63. The highest BCUT2D eigenvalue weighted by Gasteiger charge is 2.33. The van der Waals surface area contributed by atoms with E-state index in [9.17, 15) is 18.0 Å². The van der Waals surface area contributed by atoms with Gasteiger partial charge in [0.2, 0.25) is 0 Å². The van der Waals surface area contributed by atoms with Crippen molar-refractivity contribution in [3.8, 4) is 0 Å². The molecule has 94 valence electrons. The molecule has 1 N–H and O–H groups in total.